The molecule has 4 aromatic rings. The average molecular weight is 420 g/mol. The Balaban J connectivity index is 1.68. The fraction of sp³-hybridized carbons (Fsp3) is 0.292. The van der Waals surface area contributed by atoms with E-state index in [9.17, 15) is 4.79 Å². The van der Waals surface area contributed by atoms with Crippen LogP contribution in [0.15, 0.2) is 54.9 Å². The molecule has 0 fully saturated rings. The summed E-state index contributed by atoms with van der Waals surface area (Å²) in [4.78, 5) is 23.6. The first-order valence-corrected chi connectivity index (χ1v) is 11.1. The monoisotopic (exact) mass is 419 g/mol. The van der Waals surface area contributed by atoms with Crippen LogP contribution in [0.2, 0.25) is 0 Å². The van der Waals surface area contributed by atoms with Gasteiger partial charge in [0.25, 0.3) is 0 Å². The second-order valence-corrected chi connectivity index (χ2v) is 8.57. The number of thiazole rings is 1. The highest BCUT2D eigenvalue weighted by molar-refractivity contribution is 7.21. The molecule has 0 saturated carbocycles. The number of nitrogens with one attached hydrogen (secondary N) is 1. The van der Waals surface area contributed by atoms with Crippen molar-refractivity contribution in [3.8, 4) is 10.6 Å². The lowest BCUT2D eigenvalue weighted by atomic mass is 9.82. The van der Waals surface area contributed by atoms with E-state index < -0.39 is 5.97 Å². The molecule has 2 aromatic heterocycles. The molecule has 2 N–H and O–H groups in total. The molecule has 0 amide bonds. The molecule has 0 aliphatic rings. The molecule has 0 bridgehead atoms. The van der Waals surface area contributed by atoms with Gasteiger partial charge in [0.1, 0.15) is 10.8 Å². The minimum atomic E-state index is -0.821. The third kappa shape index (κ3) is 4.14. The van der Waals surface area contributed by atoms with Crippen LogP contribution in [0.1, 0.15) is 49.6 Å². The first-order valence-electron chi connectivity index (χ1n) is 10.3. The molecule has 1 unspecified atom stereocenters. The SMILES string of the molecule is CCC(CC)C(c1ccc2nc(-c3ccc(CC(=O)O)cc3)sc2c1)c1ncc[nH]1. The lowest BCUT2D eigenvalue weighted by Gasteiger charge is -2.24. The number of carboxylic acids is 1. The van der Waals surface area contributed by atoms with Crippen molar-refractivity contribution in [2.45, 2.75) is 39.0 Å². The van der Waals surface area contributed by atoms with E-state index in [1.165, 1.54) is 5.56 Å². The van der Waals surface area contributed by atoms with Crippen LogP contribution in [0.25, 0.3) is 20.8 Å². The quantitative estimate of drug-likeness (QED) is 0.374. The summed E-state index contributed by atoms with van der Waals surface area (Å²) in [6.45, 7) is 4.48. The van der Waals surface area contributed by atoms with Crippen molar-refractivity contribution < 1.29 is 9.90 Å². The van der Waals surface area contributed by atoms with Crippen LogP contribution < -0.4 is 0 Å². The van der Waals surface area contributed by atoms with E-state index in [4.69, 9.17) is 10.1 Å². The Hall–Kier alpha value is -2.99. The first-order chi connectivity index (χ1) is 14.6. The van der Waals surface area contributed by atoms with E-state index in [2.05, 4.69) is 42.0 Å². The topological polar surface area (TPSA) is 78.9 Å². The average Bonchev–Trinajstić information content (AvgIpc) is 3.41. The molecule has 2 aromatic carbocycles. The van der Waals surface area contributed by atoms with Gasteiger partial charge in [-0.15, -0.1) is 11.3 Å². The van der Waals surface area contributed by atoms with Gasteiger partial charge < -0.3 is 10.1 Å². The van der Waals surface area contributed by atoms with Gasteiger partial charge in [-0.1, -0.05) is 57.0 Å². The van der Waals surface area contributed by atoms with Gasteiger partial charge in [0.05, 0.1) is 16.6 Å². The summed E-state index contributed by atoms with van der Waals surface area (Å²) in [7, 11) is 0. The Bertz CT molecular complexity index is 1130. The summed E-state index contributed by atoms with van der Waals surface area (Å²) in [5.41, 5.74) is 4.05. The summed E-state index contributed by atoms with van der Waals surface area (Å²) in [5.74, 6) is 0.948. The highest BCUT2D eigenvalue weighted by Crippen LogP contribution is 2.37. The highest BCUT2D eigenvalue weighted by atomic mass is 32.1. The van der Waals surface area contributed by atoms with Crippen LogP contribution in [0.4, 0.5) is 0 Å². The number of fused-ring (bicyclic) bond motifs is 1. The summed E-state index contributed by atoms with van der Waals surface area (Å²) in [6, 6.07) is 14.2. The van der Waals surface area contributed by atoms with E-state index in [-0.39, 0.29) is 12.3 Å². The predicted octanol–water partition coefficient (Wildman–Crippen LogP) is 5.88. The van der Waals surface area contributed by atoms with Crippen molar-refractivity contribution >= 4 is 27.5 Å². The number of aliphatic carboxylic acids is 1. The van der Waals surface area contributed by atoms with Crippen LogP contribution in [0, 0.1) is 5.92 Å². The molecule has 0 saturated heterocycles. The minimum absolute atomic E-state index is 0.0354. The second kappa shape index (κ2) is 8.79. The van der Waals surface area contributed by atoms with Crippen molar-refractivity contribution in [2.75, 3.05) is 0 Å². The number of aromatic amines is 1. The van der Waals surface area contributed by atoms with Crippen LogP contribution in [0.3, 0.4) is 0 Å². The number of benzene rings is 2. The summed E-state index contributed by atoms with van der Waals surface area (Å²) >= 11 is 1.67. The maximum absolute atomic E-state index is 10.9. The number of rotatable bonds is 8. The van der Waals surface area contributed by atoms with Crippen LogP contribution >= 0.6 is 11.3 Å². The maximum Gasteiger partial charge on any atom is 0.307 e. The minimum Gasteiger partial charge on any atom is -0.481 e. The standard InChI is InChI=1S/C24H25N3O2S/c1-3-16(4-2)22(23-25-11-12-26-23)18-9-10-19-20(14-18)30-24(27-19)17-7-5-15(6-8-17)13-21(28)29/h5-12,14,16,22H,3-4,13H2,1-2H3,(H,25,26)(H,28,29). The Morgan fingerprint density at radius 1 is 1.13 bits per heavy atom. The lowest BCUT2D eigenvalue weighted by molar-refractivity contribution is -0.136. The van der Waals surface area contributed by atoms with Gasteiger partial charge in [-0.25, -0.2) is 9.97 Å². The molecule has 0 aliphatic heterocycles. The zero-order chi connectivity index (χ0) is 21.1. The van der Waals surface area contributed by atoms with Crippen molar-refractivity contribution in [3.05, 3.63) is 71.8 Å². The molecule has 5 nitrogen and oxygen atoms in total. The first kappa shape index (κ1) is 20.3. The smallest absolute Gasteiger partial charge is 0.307 e. The molecular weight excluding hydrogens is 394 g/mol. The van der Waals surface area contributed by atoms with E-state index in [1.807, 2.05) is 36.7 Å². The molecule has 0 spiro atoms. The zero-order valence-corrected chi connectivity index (χ0v) is 17.9. The van der Waals surface area contributed by atoms with E-state index in [1.54, 1.807) is 11.3 Å². The Labute approximate surface area is 179 Å². The zero-order valence-electron chi connectivity index (χ0n) is 17.1. The molecule has 0 aliphatic carbocycles. The maximum atomic E-state index is 10.9. The fourth-order valence-electron chi connectivity index (χ4n) is 4.06. The molecule has 1 atom stereocenters. The highest BCUT2D eigenvalue weighted by Gasteiger charge is 2.25. The Morgan fingerprint density at radius 3 is 2.53 bits per heavy atom. The lowest BCUT2D eigenvalue weighted by Crippen LogP contribution is -2.14. The number of aromatic nitrogens is 3. The number of hydrogen-bond donors (Lipinski definition) is 2. The predicted molar refractivity (Wildman–Crippen MR) is 121 cm³/mol. The molecule has 4 rings (SSSR count). The van der Waals surface area contributed by atoms with Crippen molar-refractivity contribution in [1.29, 1.82) is 0 Å². The van der Waals surface area contributed by atoms with Gasteiger partial charge in [0.15, 0.2) is 0 Å². The van der Waals surface area contributed by atoms with Crippen LogP contribution in [0.5, 0.6) is 0 Å². The summed E-state index contributed by atoms with van der Waals surface area (Å²) in [5, 5.41) is 9.89. The Kier molecular flexibility index (Phi) is 5.95. The van der Waals surface area contributed by atoms with Gasteiger partial charge in [0, 0.05) is 23.9 Å². The number of imidazole rings is 1. The van der Waals surface area contributed by atoms with E-state index in [0.29, 0.717) is 5.92 Å². The largest absolute Gasteiger partial charge is 0.481 e. The van der Waals surface area contributed by atoms with Crippen LogP contribution in [-0.2, 0) is 11.2 Å². The van der Waals surface area contributed by atoms with Crippen molar-refractivity contribution in [3.63, 3.8) is 0 Å². The van der Waals surface area contributed by atoms with Gasteiger partial charge >= 0.3 is 5.97 Å². The normalized spacial score (nSPS) is 12.5. The van der Waals surface area contributed by atoms with Crippen LogP contribution in [-0.4, -0.2) is 26.0 Å². The van der Waals surface area contributed by atoms with Gasteiger partial charge in [0.2, 0.25) is 0 Å². The summed E-state index contributed by atoms with van der Waals surface area (Å²) < 4.78 is 1.15. The van der Waals surface area contributed by atoms with E-state index in [0.717, 1.165) is 45.0 Å². The van der Waals surface area contributed by atoms with E-state index >= 15 is 0 Å². The third-order valence-corrected chi connectivity index (χ3v) is 6.73. The number of hydrogen-bond acceptors (Lipinski definition) is 4. The number of carboxylic acid groups (broad SMARTS) is 1. The molecule has 0 radical (unpaired) electrons. The van der Waals surface area contributed by atoms with Crippen molar-refractivity contribution in [2.24, 2.45) is 5.92 Å². The number of nitrogens with zero attached hydrogens (tertiary/aromatic N) is 2. The molecule has 154 valence electrons. The molecule has 30 heavy (non-hydrogen) atoms. The molecule has 2 heterocycles. The Morgan fingerprint density at radius 2 is 1.90 bits per heavy atom. The second-order valence-electron chi connectivity index (χ2n) is 7.54. The third-order valence-electron chi connectivity index (χ3n) is 5.66. The molecular formula is C24H25N3O2S. The van der Waals surface area contributed by atoms with Gasteiger partial charge in [-0.2, -0.15) is 0 Å². The van der Waals surface area contributed by atoms with Gasteiger partial charge in [-0.3, -0.25) is 4.79 Å². The summed E-state index contributed by atoms with van der Waals surface area (Å²) in [6.07, 6.45) is 5.94. The fourth-order valence-corrected chi connectivity index (χ4v) is 5.08. The van der Waals surface area contributed by atoms with Gasteiger partial charge in [-0.05, 0) is 29.2 Å². The van der Waals surface area contributed by atoms with Crippen molar-refractivity contribution in [1.82, 2.24) is 15.0 Å². The number of carbonyl (C=O) groups is 1. The molecule has 6 heteroatoms. The number of H-pyrrole nitrogens is 1.